The minimum Gasteiger partial charge on any atom is -0.444 e. The van der Waals surface area contributed by atoms with E-state index in [9.17, 15) is 9.59 Å². The molecule has 2 fully saturated rings. The van der Waals surface area contributed by atoms with Crippen molar-refractivity contribution in [3.05, 3.63) is 0 Å². The molecule has 2 saturated heterocycles. The molecule has 0 aliphatic carbocycles. The number of fused-ring (bicyclic) bond motifs is 2. The van der Waals surface area contributed by atoms with Gasteiger partial charge in [-0.05, 0) is 53.4 Å². The van der Waals surface area contributed by atoms with E-state index >= 15 is 0 Å². The van der Waals surface area contributed by atoms with Gasteiger partial charge in [-0.1, -0.05) is 13.8 Å². The summed E-state index contributed by atoms with van der Waals surface area (Å²) in [7, 11) is 0. The van der Waals surface area contributed by atoms with E-state index in [-0.39, 0.29) is 36.0 Å². The topological polar surface area (TPSA) is 95.1 Å². The number of hydrogen-bond donors (Lipinski definition) is 3. The van der Waals surface area contributed by atoms with Gasteiger partial charge in [-0.2, -0.15) is 0 Å². The van der Waals surface area contributed by atoms with Gasteiger partial charge in [0.25, 0.3) is 0 Å². The summed E-state index contributed by atoms with van der Waals surface area (Å²) in [5.41, 5.74) is -0.471. The van der Waals surface area contributed by atoms with Crippen LogP contribution in [0.4, 0.5) is 4.79 Å². The lowest BCUT2D eigenvalue weighted by atomic mass is 9.98. The molecule has 2 bridgehead atoms. The normalized spacial score (nSPS) is 24.4. The Hall–Kier alpha value is -1.99. The van der Waals surface area contributed by atoms with E-state index in [0.717, 1.165) is 38.2 Å². The Morgan fingerprint density at radius 2 is 1.76 bits per heavy atom. The first-order chi connectivity index (χ1) is 13.6. The van der Waals surface area contributed by atoms with E-state index < -0.39 is 5.60 Å². The van der Waals surface area contributed by atoms with Crippen LogP contribution in [0, 0.1) is 5.92 Å². The van der Waals surface area contributed by atoms with Crippen molar-refractivity contribution in [2.45, 2.75) is 91.0 Å². The molecule has 2 heterocycles. The summed E-state index contributed by atoms with van der Waals surface area (Å²) in [6, 6.07) is 0.706. The third-order valence-corrected chi connectivity index (χ3v) is 5.23. The fourth-order valence-corrected chi connectivity index (χ4v) is 3.97. The Labute approximate surface area is 175 Å². The Balaban J connectivity index is 1.88. The van der Waals surface area contributed by atoms with Crippen LogP contribution in [0.5, 0.6) is 0 Å². The first-order valence-corrected chi connectivity index (χ1v) is 10.9. The minimum atomic E-state index is -0.471. The highest BCUT2D eigenvalue weighted by atomic mass is 16.6. The van der Waals surface area contributed by atoms with Crippen LogP contribution in [0.3, 0.4) is 0 Å². The average Bonchev–Trinajstić information content (AvgIpc) is 2.88. The molecule has 2 aliphatic rings. The van der Waals surface area contributed by atoms with Crippen LogP contribution in [-0.4, -0.2) is 66.2 Å². The number of rotatable bonds is 6. The van der Waals surface area contributed by atoms with Crippen molar-refractivity contribution in [3.63, 3.8) is 0 Å². The predicted octanol–water partition coefficient (Wildman–Crippen LogP) is 2.24. The van der Waals surface area contributed by atoms with E-state index in [4.69, 9.17) is 4.74 Å². The quantitative estimate of drug-likeness (QED) is 0.355. The maximum atomic E-state index is 12.6. The molecule has 2 amide bonds. The molecule has 3 N–H and O–H groups in total. The fraction of sp³-hybridized carbons (Fsp3) is 0.857. The van der Waals surface area contributed by atoms with Crippen LogP contribution < -0.4 is 16.0 Å². The number of piperidine rings is 1. The van der Waals surface area contributed by atoms with Crippen LogP contribution in [-0.2, 0) is 9.53 Å². The summed E-state index contributed by atoms with van der Waals surface area (Å²) in [5, 5.41) is 9.69. The molecule has 0 aromatic carbocycles. The van der Waals surface area contributed by atoms with Crippen molar-refractivity contribution in [2.75, 3.05) is 19.6 Å². The molecule has 8 nitrogen and oxygen atoms in total. The van der Waals surface area contributed by atoms with Crippen molar-refractivity contribution in [2.24, 2.45) is 10.9 Å². The predicted molar refractivity (Wildman–Crippen MR) is 115 cm³/mol. The van der Waals surface area contributed by atoms with Gasteiger partial charge in [0, 0.05) is 37.1 Å². The van der Waals surface area contributed by atoms with Gasteiger partial charge >= 0.3 is 6.09 Å². The number of aliphatic imine (C=N–C) groups is 1. The lowest BCUT2D eigenvalue weighted by molar-refractivity contribution is -0.123. The molecule has 2 unspecified atom stereocenters. The van der Waals surface area contributed by atoms with Gasteiger partial charge in [0.2, 0.25) is 5.91 Å². The number of hydrogen-bond acceptors (Lipinski definition) is 4. The Bertz CT molecular complexity index is 586. The van der Waals surface area contributed by atoms with Gasteiger partial charge in [0.15, 0.2) is 5.96 Å². The summed E-state index contributed by atoms with van der Waals surface area (Å²) in [6.45, 7) is 13.3. The second-order valence-electron chi connectivity index (χ2n) is 9.29. The fourth-order valence-electron chi connectivity index (χ4n) is 3.97. The Morgan fingerprint density at radius 1 is 1.14 bits per heavy atom. The van der Waals surface area contributed by atoms with Gasteiger partial charge in [-0.3, -0.25) is 9.79 Å². The molecule has 29 heavy (non-hydrogen) atoms. The zero-order chi connectivity index (χ0) is 21.6. The highest BCUT2D eigenvalue weighted by Crippen LogP contribution is 2.36. The summed E-state index contributed by atoms with van der Waals surface area (Å²) < 4.78 is 5.61. The van der Waals surface area contributed by atoms with E-state index in [1.807, 2.05) is 46.4 Å². The largest absolute Gasteiger partial charge is 0.444 e. The maximum Gasteiger partial charge on any atom is 0.410 e. The van der Waals surface area contributed by atoms with Crippen LogP contribution in [0.1, 0.15) is 67.2 Å². The summed E-state index contributed by atoms with van der Waals surface area (Å²) in [5.74, 6) is 0.793. The molecular formula is C21H39N5O3. The van der Waals surface area contributed by atoms with Gasteiger partial charge in [0.05, 0.1) is 6.54 Å². The number of carbonyl (C=O) groups excluding carboxylic acids is 2. The van der Waals surface area contributed by atoms with E-state index in [2.05, 4.69) is 20.9 Å². The van der Waals surface area contributed by atoms with Crippen molar-refractivity contribution >= 4 is 18.0 Å². The number of carbonyl (C=O) groups is 2. The first kappa shape index (κ1) is 23.3. The standard InChI is InChI=1S/C21H39N5O3/c1-7-22-19(24-11-10-23-18(27)14(2)3)25-15-12-16-8-9-17(13-15)26(16)20(28)29-21(4,5)6/h14-17H,7-13H2,1-6H3,(H,23,27)(H2,22,24,25). The lowest BCUT2D eigenvalue weighted by Gasteiger charge is -2.40. The molecule has 2 atom stereocenters. The zero-order valence-corrected chi connectivity index (χ0v) is 18.9. The molecule has 0 spiro atoms. The Morgan fingerprint density at radius 3 is 2.28 bits per heavy atom. The molecular weight excluding hydrogens is 370 g/mol. The van der Waals surface area contributed by atoms with Crippen LogP contribution in [0.2, 0.25) is 0 Å². The van der Waals surface area contributed by atoms with E-state index in [1.54, 1.807) is 0 Å². The van der Waals surface area contributed by atoms with Gasteiger partial charge in [-0.25, -0.2) is 4.79 Å². The molecule has 2 aliphatic heterocycles. The minimum absolute atomic E-state index is 0.0176. The number of guanidine groups is 1. The van der Waals surface area contributed by atoms with Crippen LogP contribution in [0.15, 0.2) is 4.99 Å². The molecule has 0 saturated carbocycles. The number of nitrogens with one attached hydrogen (secondary N) is 3. The highest BCUT2D eigenvalue weighted by Gasteiger charge is 2.45. The molecule has 2 rings (SSSR count). The van der Waals surface area contributed by atoms with Crippen LogP contribution >= 0.6 is 0 Å². The van der Waals surface area contributed by atoms with Crippen molar-refractivity contribution < 1.29 is 14.3 Å². The highest BCUT2D eigenvalue weighted by molar-refractivity contribution is 5.80. The third kappa shape index (κ3) is 7.08. The number of ether oxygens (including phenoxy) is 1. The first-order valence-electron chi connectivity index (χ1n) is 10.9. The third-order valence-electron chi connectivity index (χ3n) is 5.23. The maximum absolute atomic E-state index is 12.6. The second kappa shape index (κ2) is 10.2. The van der Waals surface area contributed by atoms with Crippen LogP contribution in [0.25, 0.3) is 0 Å². The van der Waals surface area contributed by atoms with E-state index in [1.165, 1.54) is 0 Å². The molecule has 0 radical (unpaired) electrons. The lowest BCUT2D eigenvalue weighted by Crippen LogP contribution is -2.55. The van der Waals surface area contributed by atoms with Gasteiger partial charge < -0.3 is 25.6 Å². The SMILES string of the molecule is CCNC(=NCCNC(=O)C(C)C)NC1CC2CCC(C1)N2C(=O)OC(C)(C)C. The van der Waals surface area contributed by atoms with Crippen molar-refractivity contribution in [1.29, 1.82) is 0 Å². The van der Waals surface area contributed by atoms with Gasteiger partial charge in [-0.15, -0.1) is 0 Å². The summed E-state index contributed by atoms with van der Waals surface area (Å²) in [4.78, 5) is 30.8. The van der Waals surface area contributed by atoms with Gasteiger partial charge in [0.1, 0.15) is 5.60 Å². The summed E-state index contributed by atoms with van der Waals surface area (Å²) >= 11 is 0. The average molecular weight is 410 g/mol. The number of nitrogens with zero attached hydrogens (tertiary/aromatic N) is 2. The zero-order valence-electron chi connectivity index (χ0n) is 18.9. The number of amides is 2. The monoisotopic (exact) mass is 409 g/mol. The summed E-state index contributed by atoms with van der Waals surface area (Å²) in [6.07, 6.45) is 3.65. The molecule has 166 valence electrons. The molecule has 8 heteroatoms. The molecule has 0 aromatic rings. The second-order valence-corrected chi connectivity index (χ2v) is 9.29. The van der Waals surface area contributed by atoms with Crippen molar-refractivity contribution in [1.82, 2.24) is 20.9 Å². The smallest absolute Gasteiger partial charge is 0.410 e. The van der Waals surface area contributed by atoms with E-state index in [0.29, 0.717) is 13.1 Å². The Kier molecular flexibility index (Phi) is 8.16. The van der Waals surface area contributed by atoms with Crippen molar-refractivity contribution in [3.8, 4) is 0 Å². The molecule has 0 aromatic heterocycles.